The molecule has 2 heterocycles. The number of fused-ring (bicyclic) bond motifs is 1. The Hall–Kier alpha value is -1.37. The van der Waals surface area contributed by atoms with E-state index >= 15 is 0 Å². The highest BCUT2D eigenvalue weighted by Gasteiger charge is 2.20. The summed E-state index contributed by atoms with van der Waals surface area (Å²) in [6, 6.07) is 3.70. The maximum absolute atomic E-state index is 6.61. The lowest BCUT2D eigenvalue weighted by Gasteiger charge is -2.30. The minimum absolute atomic E-state index is 0.510. The molecule has 1 aliphatic rings. The number of nitrogens with two attached hydrogens (primary N) is 1. The number of nitrogens with zero attached hydrogens (tertiary/aromatic N) is 3. The van der Waals surface area contributed by atoms with Crippen molar-refractivity contribution in [2.45, 2.75) is 32.9 Å². The van der Waals surface area contributed by atoms with Crippen molar-refractivity contribution in [3.63, 3.8) is 0 Å². The van der Waals surface area contributed by atoms with Crippen molar-refractivity contribution in [3.8, 4) is 0 Å². The third-order valence-electron chi connectivity index (χ3n) is 5.27. The fourth-order valence-corrected chi connectivity index (χ4v) is 4.06. The summed E-state index contributed by atoms with van der Waals surface area (Å²) in [6.07, 6.45) is 3.25. The van der Waals surface area contributed by atoms with Crippen molar-refractivity contribution in [1.82, 2.24) is 9.88 Å². The topological polar surface area (TPSA) is 57.4 Å². The maximum Gasteiger partial charge on any atom is 0.154 e. The molecule has 0 spiro atoms. The highest BCUT2D eigenvalue weighted by Crippen LogP contribution is 2.39. The van der Waals surface area contributed by atoms with E-state index in [4.69, 9.17) is 33.9 Å². The molecule has 8 heteroatoms. The number of nitrogen functional groups attached to an aromatic ring is 1. The van der Waals surface area contributed by atoms with E-state index in [1.165, 1.54) is 0 Å². The van der Waals surface area contributed by atoms with E-state index in [0.717, 1.165) is 80.7 Å². The van der Waals surface area contributed by atoms with Gasteiger partial charge in [-0.2, -0.15) is 0 Å². The van der Waals surface area contributed by atoms with Gasteiger partial charge in [0.1, 0.15) is 7.28 Å². The maximum atomic E-state index is 6.61. The second-order valence-electron chi connectivity index (χ2n) is 7.22. The largest absolute Gasteiger partial charge is 0.394 e. The number of anilines is 3. The van der Waals surface area contributed by atoms with Crippen molar-refractivity contribution in [3.05, 3.63) is 22.2 Å². The van der Waals surface area contributed by atoms with E-state index in [-0.39, 0.29) is 0 Å². The highest BCUT2D eigenvalue weighted by molar-refractivity contribution is 6.43. The molecule has 3 rings (SSSR count). The summed E-state index contributed by atoms with van der Waals surface area (Å²) in [6.45, 7) is 10.2. The number of pyridine rings is 1. The number of likely N-dealkylation sites (N-methyl/N-ethyl adjacent to an activating group) is 1. The number of rotatable bonds is 8. The third-order valence-corrected chi connectivity index (χ3v) is 5.99. The first-order valence-electron chi connectivity index (χ1n) is 10.2. The lowest BCUT2D eigenvalue weighted by molar-refractivity contribution is 0.300. The van der Waals surface area contributed by atoms with E-state index in [1.807, 2.05) is 12.1 Å². The summed E-state index contributed by atoms with van der Waals surface area (Å²) >= 11 is 12.6. The smallest absolute Gasteiger partial charge is 0.154 e. The van der Waals surface area contributed by atoms with E-state index < -0.39 is 0 Å². The molecule has 5 nitrogen and oxygen atoms in total. The van der Waals surface area contributed by atoms with Crippen LogP contribution in [-0.2, 0) is 0 Å². The predicted molar refractivity (Wildman–Crippen MR) is 125 cm³/mol. The minimum Gasteiger partial charge on any atom is -0.394 e. The van der Waals surface area contributed by atoms with Gasteiger partial charge in [0.2, 0.25) is 0 Å². The van der Waals surface area contributed by atoms with Crippen LogP contribution < -0.4 is 16.0 Å². The molecule has 3 N–H and O–H groups in total. The zero-order valence-electron chi connectivity index (χ0n) is 16.8. The molecule has 2 aromatic rings. The van der Waals surface area contributed by atoms with Crippen LogP contribution in [0.25, 0.3) is 10.9 Å². The van der Waals surface area contributed by atoms with E-state index in [2.05, 4.69) is 36.2 Å². The summed E-state index contributed by atoms with van der Waals surface area (Å²) in [5, 5.41) is 5.50. The fraction of sp³-hybridized carbons (Fsp3) is 0.550. The molecular weight excluding hydrogens is 392 g/mol. The average molecular weight is 421 g/mol. The van der Waals surface area contributed by atoms with Gasteiger partial charge in [0.25, 0.3) is 0 Å². The average Bonchev–Trinajstić information content (AvgIpc) is 2.70. The molecular formula is C20H29BCl2N5. The van der Waals surface area contributed by atoms with Crippen molar-refractivity contribution in [1.29, 1.82) is 0 Å². The van der Waals surface area contributed by atoms with Gasteiger partial charge < -0.3 is 20.9 Å². The van der Waals surface area contributed by atoms with Gasteiger partial charge in [-0.1, -0.05) is 49.7 Å². The summed E-state index contributed by atoms with van der Waals surface area (Å²) < 4.78 is 0. The molecule has 1 aromatic heterocycles. The SMILES string of the molecule is CCCN(CC)CCNc1c(N)c(N2CC[B]CC2)nc2cc(Cl)c(Cl)cc12. The van der Waals surface area contributed by atoms with Crippen LogP contribution in [0.2, 0.25) is 22.7 Å². The number of halogens is 2. The Morgan fingerprint density at radius 1 is 1.18 bits per heavy atom. The summed E-state index contributed by atoms with van der Waals surface area (Å²) in [5.41, 5.74) is 9.02. The summed E-state index contributed by atoms with van der Waals surface area (Å²) in [5.74, 6) is 0.836. The molecule has 28 heavy (non-hydrogen) atoms. The minimum atomic E-state index is 0.510. The molecule has 1 radical (unpaired) electrons. The van der Waals surface area contributed by atoms with Crippen LogP contribution in [0.4, 0.5) is 17.2 Å². The Labute approximate surface area is 178 Å². The molecule has 151 valence electrons. The Morgan fingerprint density at radius 2 is 1.89 bits per heavy atom. The zero-order chi connectivity index (χ0) is 20.1. The van der Waals surface area contributed by atoms with Crippen LogP contribution in [-0.4, -0.2) is 56.4 Å². The molecule has 0 amide bonds. The predicted octanol–water partition coefficient (Wildman–Crippen LogP) is 4.63. The second-order valence-corrected chi connectivity index (χ2v) is 8.04. The highest BCUT2D eigenvalue weighted by atomic mass is 35.5. The van der Waals surface area contributed by atoms with Crippen molar-refractivity contribution < 1.29 is 0 Å². The Balaban J connectivity index is 1.95. The van der Waals surface area contributed by atoms with Gasteiger partial charge in [0.05, 0.1) is 26.9 Å². The molecule has 0 unspecified atom stereocenters. The lowest BCUT2D eigenvalue weighted by atomic mass is 9.68. The first kappa shape index (κ1) is 21.3. The van der Waals surface area contributed by atoms with Gasteiger partial charge in [-0.3, -0.25) is 0 Å². The third kappa shape index (κ3) is 4.78. The van der Waals surface area contributed by atoms with E-state index in [0.29, 0.717) is 15.7 Å². The summed E-state index contributed by atoms with van der Waals surface area (Å²) in [7, 11) is 2.32. The van der Waals surface area contributed by atoms with Crippen molar-refractivity contribution in [2.24, 2.45) is 0 Å². The van der Waals surface area contributed by atoms with Crippen molar-refractivity contribution in [2.75, 3.05) is 55.2 Å². The van der Waals surface area contributed by atoms with Crippen LogP contribution in [0.1, 0.15) is 20.3 Å². The molecule has 0 saturated carbocycles. The van der Waals surface area contributed by atoms with Gasteiger partial charge >= 0.3 is 0 Å². The Bertz CT molecular complexity index is 811. The van der Waals surface area contributed by atoms with Gasteiger partial charge in [-0.05, 0) is 31.6 Å². The Kier molecular flexibility index (Phi) is 7.55. The quantitative estimate of drug-likeness (QED) is 0.609. The van der Waals surface area contributed by atoms with E-state index in [1.54, 1.807) is 0 Å². The first-order chi connectivity index (χ1) is 13.5. The van der Waals surface area contributed by atoms with Gasteiger partial charge in [0.15, 0.2) is 5.82 Å². The molecule has 0 bridgehead atoms. The molecule has 1 saturated heterocycles. The number of benzene rings is 1. The molecule has 0 atom stereocenters. The number of hydrogen-bond donors (Lipinski definition) is 2. The first-order valence-corrected chi connectivity index (χ1v) is 10.9. The summed E-state index contributed by atoms with van der Waals surface area (Å²) in [4.78, 5) is 9.53. The van der Waals surface area contributed by atoms with E-state index in [9.17, 15) is 0 Å². The lowest BCUT2D eigenvalue weighted by Crippen LogP contribution is -2.33. The van der Waals surface area contributed by atoms with Gasteiger partial charge in [-0.25, -0.2) is 4.98 Å². The van der Waals surface area contributed by atoms with Crippen molar-refractivity contribution >= 4 is 58.6 Å². The normalized spacial score (nSPS) is 14.5. The zero-order valence-corrected chi connectivity index (χ0v) is 18.3. The standard InChI is InChI=1S/C20H29BCl2N5/c1-3-8-27(4-2)11-7-25-19-14-12-15(22)16(23)13-17(14)26-20(18(19)24)28-9-5-21-6-10-28/h12-13H,3-11,24H2,1-2H3,(H,25,26). The molecule has 1 aliphatic heterocycles. The number of hydrogen-bond acceptors (Lipinski definition) is 5. The second kappa shape index (κ2) is 9.90. The van der Waals surface area contributed by atoms with Crippen LogP contribution in [0.5, 0.6) is 0 Å². The number of aromatic nitrogens is 1. The fourth-order valence-electron chi connectivity index (χ4n) is 3.74. The molecule has 1 aromatic carbocycles. The van der Waals surface area contributed by atoms with Crippen LogP contribution in [0.3, 0.4) is 0 Å². The Morgan fingerprint density at radius 3 is 2.57 bits per heavy atom. The van der Waals surface area contributed by atoms with Gasteiger partial charge in [0, 0.05) is 31.6 Å². The van der Waals surface area contributed by atoms with Crippen LogP contribution in [0.15, 0.2) is 12.1 Å². The number of nitrogens with one attached hydrogen (secondary N) is 1. The van der Waals surface area contributed by atoms with Gasteiger partial charge in [-0.15, -0.1) is 0 Å². The van der Waals surface area contributed by atoms with Crippen LogP contribution in [0, 0.1) is 0 Å². The monoisotopic (exact) mass is 420 g/mol. The van der Waals surface area contributed by atoms with Crippen LogP contribution >= 0.6 is 23.2 Å². The molecule has 1 fully saturated rings. The molecule has 0 aliphatic carbocycles.